The van der Waals surface area contributed by atoms with Crippen LogP contribution >= 0.6 is 34.8 Å². The van der Waals surface area contributed by atoms with Crippen LogP contribution in [0.4, 0.5) is 5.69 Å². The Labute approximate surface area is 153 Å². The van der Waals surface area contributed by atoms with Gasteiger partial charge in [-0.1, -0.05) is 34.8 Å². The number of methoxy groups -OCH3 is 1. The summed E-state index contributed by atoms with van der Waals surface area (Å²) < 4.78 is 9.94. The summed E-state index contributed by atoms with van der Waals surface area (Å²) in [6, 6.07) is 9.12. The number of rotatable bonds is 5. The predicted molar refractivity (Wildman–Crippen MR) is 93.4 cm³/mol. The van der Waals surface area contributed by atoms with Crippen molar-refractivity contribution >= 4 is 52.4 Å². The van der Waals surface area contributed by atoms with Crippen LogP contribution in [-0.4, -0.2) is 25.6 Å². The number of hydrogen-bond acceptors (Lipinski definition) is 4. The van der Waals surface area contributed by atoms with Gasteiger partial charge in [-0.15, -0.1) is 0 Å². The fraction of sp³-hybridized carbons (Fsp3) is 0.125. The van der Waals surface area contributed by atoms with Crippen LogP contribution in [0.1, 0.15) is 10.4 Å². The summed E-state index contributed by atoms with van der Waals surface area (Å²) in [7, 11) is 1.49. The van der Waals surface area contributed by atoms with E-state index in [1.54, 1.807) is 18.2 Å². The highest BCUT2D eigenvalue weighted by Gasteiger charge is 2.14. The molecule has 2 aromatic rings. The summed E-state index contributed by atoms with van der Waals surface area (Å²) >= 11 is 17.7. The first-order valence-electron chi connectivity index (χ1n) is 6.66. The average molecular weight is 389 g/mol. The lowest BCUT2D eigenvalue weighted by Gasteiger charge is -2.09. The monoisotopic (exact) mass is 387 g/mol. The summed E-state index contributed by atoms with van der Waals surface area (Å²) in [6.45, 7) is -0.481. The Bertz CT molecular complexity index is 780. The van der Waals surface area contributed by atoms with Crippen molar-refractivity contribution in [1.82, 2.24) is 0 Å². The van der Waals surface area contributed by atoms with Crippen molar-refractivity contribution < 1.29 is 19.1 Å². The Morgan fingerprint density at radius 2 is 1.79 bits per heavy atom. The minimum atomic E-state index is -0.745. The van der Waals surface area contributed by atoms with Gasteiger partial charge in [0.25, 0.3) is 5.91 Å². The second-order valence-corrected chi connectivity index (χ2v) is 5.85. The lowest BCUT2D eigenvalue weighted by molar-refractivity contribution is -0.119. The Kier molecular flexibility index (Phi) is 6.31. The van der Waals surface area contributed by atoms with Gasteiger partial charge in [0.05, 0.1) is 22.7 Å². The van der Waals surface area contributed by atoms with E-state index in [9.17, 15) is 9.59 Å². The third-order valence-corrected chi connectivity index (χ3v) is 3.78. The maximum atomic E-state index is 11.9. The van der Waals surface area contributed by atoms with Crippen molar-refractivity contribution in [2.24, 2.45) is 0 Å². The Hall–Kier alpha value is -1.95. The zero-order valence-electron chi connectivity index (χ0n) is 12.4. The van der Waals surface area contributed by atoms with Gasteiger partial charge >= 0.3 is 5.97 Å². The second-order valence-electron chi connectivity index (χ2n) is 4.60. The lowest BCUT2D eigenvalue weighted by Crippen LogP contribution is -2.21. The maximum Gasteiger partial charge on any atom is 0.340 e. The summed E-state index contributed by atoms with van der Waals surface area (Å²) in [5.74, 6) is -0.787. The average Bonchev–Trinajstić information content (AvgIpc) is 2.55. The molecule has 0 aliphatic rings. The van der Waals surface area contributed by atoms with Crippen molar-refractivity contribution in [2.45, 2.75) is 0 Å². The molecule has 0 radical (unpaired) electrons. The molecular formula is C16H12Cl3NO4. The standard InChI is InChI=1S/C16H12Cl3NO4/c1-23-14-5-3-10(7-13(14)19)20-15(21)8-24-16(22)11-6-9(17)2-4-12(11)18/h2-7H,8H2,1H3,(H,20,21). The van der Waals surface area contributed by atoms with E-state index in [0.29, 0.717) is 21.5 Å². The molecule has 1 amide bonds. The van der Waals surface area contributed by atoms with Crippen molar-refractivity contribution in [2.75, 3.05) is 19.0 Å². The van der Waals surface area contributed by atoms with Gasteiger partial charge in [0, 0.05) is 10.7 Å². The third-order valence-electron chi connectivity index (χ3n) is 2.92. The van der Waals surface area contributed by atoms with Crippen LogP contribution < -0.4 is 10.1 Å². The second kappa shape index (κ2) is 8.24. The van der Waals surface area contributed by atoms with Crippen molar-refractivity contribution in [3.63, 3.8) is 0 Å². The van der Waals surface area contributed by atoms with Gasteiger partial charge in [0.2, 0.25) is 0 Å². The molecule has 0 aliphatic heterocycles. The zero-order chi connectivity index (χ0) is 17.7. The number of esters is 1. The summed E-state index contributed by atoms with van der Waals surface area (Å²) in [5.41, 5.74) is 0.534. The van der Waals surface area contributed by atoms with Gasteiger partial charge < -0.3 is 14.8 Å². The molecule has 5 nitrogen and oxygen atoms in total. The molecule has 0 heterocycles. The topological polar surface area (TPSA) is 64.6 Å². The number of carbonyl (C=O) groups is 2. The number of carbonyl (C=O) groups excluding carboxylic acids is 2. The van der Waals surface area contributed by atoms with E-state index in [2.05, 4.69) is 5.32 Å². The molecular weight excluding hydrogens is 377 g/mol. The first-order valence-corrected chi connectivity index (χ1v) is 7.79. The van der Waals surface area contributed by atoms with Crippen LogP contribution in [0.3, 0.4) is 0 Å². The van der Waals surface area contributed by atoms with E-state index >= 15 is 0 Å². The molecule has 0 spiro atoms. The Balaban J connectivity index is 1.94. The van der Waals surface area contributed by atoms with Gasteiger partial charge in [0.15, 0.2) is 6.61 Å². The minimum Gasteiger partial charge on any atom is -0.495 e. The number of ether oxygens (including phenoxy) is 2. The number of nitrogens with one attached hydrogen (secondary N) is 1. The van der Waals surface area contributed by atoms with E-state index in [1.807, 2.05) is 0 Å². The van der Waals surface area contributed by atoms with Crippen molar-refractivity contribution in [3.05, 3.63) is 57.0 Å². The summed E-state index contributed by atoms with van der Waals surface area (Å²) in [5, 5.41) is 3.42. The van der Waals surface area contributed by atoms with E-state index in [-0.39, 0.29) is 10.6 Å². The molecule has 0 unspecified atom stereocenters. The van der Waals surface area contributed by atoms with Crippen molar-refractivity contribution in [1.29, 1.82) is 0 Å². The van der Waals surface area contributed by atoms with Gasteiger partial charge in [-0.2, -0.15) is 0 Å². The quantitative estimate of drug-likeness (QED) is 0.769. The predicted octanol–water partition coefficient (Wildman–Crippen LogP) is 4.45. The highest BCUT2D eigenvalue weighted by Crippen LogP contribution is 2.27. The van der Waals surface area contributed by atoms with E-state index < -0.39 is 18.5 Å². The number of amides is 1. The van der Waals surface area contributed by atoms with E-state index in [4.69, 9.17) is 44.3 Å². The van der Waals surface area contributed by atoms with Crippen LogP contribution in [0.25, 0.3) is 0 Å². The molecule has 24 heavy (non-hydrogen) atoms. The summed E-state index contributed by atoms with van der Waals surface area (Å²) in [4.78, 5) is 23.8. The first-order chi connectivity index (χ1) is 11.4. The van der Waals surface area contributed by atoms with E-state index in [1.165, 1.54) is 25.3 Å². The van der Waals surface area contributed by atoms with Crippen LogP contribution in [0.2, 0.25) is 15.1 Å². The Morgan fingerprint density at radius 1 is 1.04 bits per heavy atom. The molecule has 0 saturated heterocycles. The molecule has 2 aromatic carbocycles. The largest absolute Gasteiger partial charge is 0.495 e. The number of benzene rings is 2. The number of anilines is 1. The smallest absolute Gasteiger partial charge is 0.340 e. The third kappa shape index (κ3) is 4.77. The molecule has 0 bridgehead atoms. The molecule has 0 atom stereocenters. The molecule has 2 rings (SSSR count). The molecule has 8 heteroatoms. The minimum absolute atomic E-state index is 0.0875. The molecule has 126 valence electrons. The van der Waals surface area contributed by atoms with Crippen LogP contribution in [0.5, 0.6) is 5.75 Å². The summed E-state index contributed by atoms with van der Waals surface area (Å²) in [6.07, 6.45) is 0. The molecule has 0 aromatic heterocycles. The van der Waals surface area contributed by atoms with Gasteiger partial charge in [0.1, 0.15) is 5.75 Å². The Morgan fingerprint density at radius 3 is 2.46 bits per heavy atom. The fourth-order valence-electron chi connectivity index (χ4n) is 1.80. The molecule has 0 aliphatic carbocycles. The SMILES string of the molecule is COc1ccc(NC(=O)COC(=O)c2cc(Cl)ccc2Cl)cc1Cl. The van der Waals surface area contributed by atoms with Crippen LogP contribution in [0.15, 0.2) is 36.4 Å². The molecule has 1 N–H and O–H groups in total. The highest BCUT2D eigenvalue weighted by atomic mass is 35.5. The first kappa shape index (κ1) is 18.4. The fourth-order valence-corrected chi connectivity index (χ4v) is 2.43. The van der Waals surface area contributed by atoms with Crippen molar-refractivity contribution in [3.8, 4) is 5.75 Å². The van der Waals surface area contributed by atoms with Gasteiger partial charge in [-0.05, 0) is 36.4 Å². The molecule has 0 saturated carbocycles. The highest BCUT2D eigenvalue weighted by molar-refractivity contribution is 6.35. The zero-order valence-corrected chi connectivity index (χ0v) is 14.7. The normalized spacial score (nSPS) is 10.2. The van der Waals surface area contributed by atoms with Gasteiger partial charge in [-0.25, -0.2) is 4.79 Å². The van der Waals surface area contributed by atoms with Gasteiger partial charge in [-0.3, -0.25) is 4.79 Å². The lowest BCUT2D eigenvalue weighted by atomic mass is 10.2. The number of hydrogen-bond donors (Lipinski definition) is 1. The van der Waals surface area contributed by atoms with Crippen LogP contribution in [-0.2, 0) is 9.53 Å². The molecule has 0 fully saturated rings. The van der Waals surface area contributed by atoms with E-state index in [0.717, 1.165) is 0 Å². The number of halogens is 3. The maximum absolute atomic E-state index is 11.9. The van der Waals surface area contributed by atoms with Crippen LogP contribution in [0, 0.1) is 0 Å².